The van der Waals surface area contributed by atoms with Crippen LogP contribution in [0.2, 0.25) is 0 Å². The summed E-state index contributed by atoms with van der Waals surface area (Å²) >= 11 is 1.57. The number of ether oxygens (including phenoxy) is 2. The molecule has 3 aromatic rings. The molecule has 134 valence electrons. The summed E-state index contributed by atoms with van der Waals surface area (Å²) in [6.07, 6.45) is 0.945. The van der Waals surface area contributed by atoms with Crippen molar-refractivity contribution in [2.45, 2.75) is 12.8 Å². The molecule has 5 nitrogen and oxygen atoms in total. The van der Waals surface area contributed by atoms with E-state index in [1.165, 1.54) is 0 Å². The van der Waals surface area contributed by atoms with Crippen molar-refractivity contribution in [3.05, 3.63) is 59.6 Å². The van der Waals surface area contributed by atoms with Crippen molar-refractivity contribution in [1.29, 1.82) is 0 Å². The van der Waals surface area contributed by atoms with Crippen molar-refractivity contribution in [2.75, 3.05) is 19.5 Å². The third kappa shape index (κ3) is 4.40. The lowest BCUT2D eigenvalue weighted by atomic mass is 10.2. The maximum atomic E-state index is 12.2. The van der Waals surface area contributed by atoms with E-state index in [9.17, 15) is 4.79 Å². The first-order valence-corrected chi connectivity index (χ1v) is 9.09. The smallest absolute Gasteiger partial charge is 0.224 e. The van der Waals surface area contributed by atoms with Crippen molar-refractivity contribution in [1.82, 2.24) is 4.98 Å². The SMILES string of the molecule is COc1cccc(-c2nc(CCC(=O)Nc3ccccc3OC)cs2)c1. The number of rotatable bonds is 7. The standard InChI is InChI=1S/C20H20N2O3S/c1-24-16-7-5-6-14(12-16)20-21-15(13-26-20)10-11-19(23)22-17-8-3-4-9-18(17)25-2/h3-9,12-13H,10-11H2,1-2H3,(H,22,23). The Morgan fingerprint density at radius 1 is 1.12 bits per heavy atom. The van der Waals surface area contributed by atoms with Crippen LogP contribution < -0.4 is 14.8 Å². The zero-order valence-electron chi connectivity index (χ0n) is 14.7. The lowest BCUT2D eigenvalue weighted by Gasteiger charge is -2.09. The van der Waals surface area contributed by atoms with Crippen LogP contribution in [0.5, 0.6) is 11.5 Å². The highest BCUT2D eigenvalue weighted by atomic mass is 32.1. The maximum absolute atomic E-state index is 12.2. The summed E-state index contributed by atoms with van der Waals surface area (Å²) < 4.78 is 10.5. The second-order valence-corrected chi connectivity index (χ2v) is 6.48. The van der Waals surface area contributed by atoms with Gasteiger partial charge in [-0.05, 0) is 30.7 Å². The first-order chi connectivity index (χ1) is 12.7. The Kier molecular flexibility index (Phi) is 5.86. The Balaban J connectivity index is 1.60. The van der Waals surface area contributed by atoms with Gasteiger partial charge in [-0.15, -0.1) is 11.3 Å². The maximum Gasteiger partial charge on any atom is 0.224 e. The minimum atomic E-state index is -0.0644. The molecule has 1 N–H and O–H groups in total. The van der Waals surface area contributed by atoms with Gasteiger partial charge in [-0.1, -0.05) is 24.3 Å². The van der Waals surface area contributed by atoms with Crippen LogP contribution in [0.25, 0.3) is 10.6 Å². The molecule has 0 spiro atoms. The average Bonchev–Trinajstić information content (AvgIpc) is 3.16. The van der Waals surface area contributed by atoms with Gasteiger partial charge >= 0.3 is 0 Å². The van der Waals surface area contributed by atoms with Gasteiger partial charge in [0, 0.05) is 17.4 Å². The fourth-order valence-electron chi connectivity index (χ4n) is 2.51. The molecule has 26 heavy (non-hydrogen) atoms. The van der Waals surface area contributed by atoms with Gasteiger partial charge in [0.1, 0.15) is 16.5 Å². The highest BCUT2D eigenvalue weighted by molar-refractivity contribution is 7.13. The summed E-state index contributed by atoms with van der Waals surface area (Å²) in [6.45, 7) is 0. The van der Waals surface area contributed by atoms with E-state index in [2.05, 4.69) is 10.3 Å². The minimum absolute atomic E-state index is 0.0644. The van der Waals surface area contributed by atoms with Crippen LogP contribution in [0, 0.1) is 0 Å². The van der Waals surface area contributed by atoms with Gasteiger partial charge in [-0.3, -0.25) is 4.79 Å². The summed E-state index contributed by atoms with van der Waals surface area (Å²) in [6, 6.07) is 15.2. The summed E-state index contributed by atoms with van der Waals surface area (Å²) in [7, 11) is 3.23. The molecule has 0 radical (unpaired) electrons. The highest BCUT2D eigenvalue weighted by Crippen LogP contribution is 2.27. The Hall–Kier alpha value is -2.86. The van der Waals surface area contributed by atoms with E-state index >= 15 is 0 Å². The van der Waals surface area contributed by atoms with E-state index in [1.54, 1.807) is 25.6 Å². The number of thiazole rings is 1. The van der Waals surface area contributed by atoms with Crippen LogP contribution in [0.1, 0.15) is 12.1 Å². The van der Waals surface area contributed by atoms with Crippen LogP contribution in [0.15, 0.2) is 53.9 Å². The van der Waals surface area contributed by atoms with Crippen LogP contribution in [-0.2, 0) is 11.2 Å². The van der Waals surface area contributed by atoms with E-state index in [0.29, 0.717) is 24.3 Å². The molecular weight excluding hydrogens is 348 g/mol. The van der Waals surface area contributed by atoms with Crippen LogP contribution in [0.3, 0.4) is 0 Å². The minimum Gasteiger partial charge on any atom is -0.497 e. The number of nitrogens with one attached hydrogen (secondary N) is 1. The Morgan fingerprint density at radius 3 is 2.77 bits per heavy atom. The van der Waals surface area contributed by atoms with Gasteiger partial charge in [0.05, 0.1) is 25.6 Å². The zero-order valence-corrected chi connectivity index (χ0v) is 15.5. The molecule has 2 aromatic carbocycles. The van der Waals surface area contributed by atoms with Crippen molar-refractivity contribution >= 4 is 22.9 Å². The largest absolute Gasteiger partial charge is 0.497 e. The molecule has 1 aromatic heterocycles. The number of benzene rings is 2. The zero-order chi connectivity index (χ0) is 18.4. The van der Waals surface area contributed by atoms with Gasteiger partial charge in [-0.25, -0.2) is 4.98 Å². The summed E-state index contributed by atoms with van der Waals surface area (Å²) in [5, 5.41) is 5.79. The molecule has 1 amide bonds. The number of carbonyl (C=O) groups excluding carboxylic acids is 1. The Labute approximate surface area is 156 Å². The molecule has 0 aliphatic heterocycles. The highest BCUT2D eigenvalue weighted by Gasteiger charge is 2.10. The fourth-order valence-corrected chi connectivity index (χ4v) is 3.36. The number of nitrogens with zero attached hydrogens (tertiary/aromatic N) is 1. The van der Waals surface area contributed by atoms with Crippen LogP contribution in [0.4, 0.5) is 5.69 Å². The number of hydrogen-bond donors (Lipinski definition) is 1. The van der Waals surface area contributed by atoms with Crippen molar-refractivity contribution < 1.29 is 14.3 Å². The first-order valence-electron chi connectivity index (χ1n) is 8.21. The van der Waals surface area contributed by atoms with Gasteiger partial charge in [0.2, 0.25) is 5.91 Å². The quantitative estimate of drug-likeness (QED) is 0.671. The Morgan fingerprint density at radius 2 is 1.96 bits per heavy atom. The monoisotopic (exact) mass is 368 g/mol. The molecule has 3 rings (SSSR count). The number of methoxy groups -OCH3 is 2. The van der Waals surface area contributed by atoms with Gasteiger partial charge in [-0.2, -0.15) is 0 Å². The number of carbonyl (C=O) groups is 1. The molecule has 0 saturated heterocycles. The summed E-state index contributed by atoms with van der Waals surface area (Å²) in [5.41, 5.74) is 2.59. The van der Waals surface area contributed by atoms with Crippen molar-refractivity contribution in [2.24, 2.45) is 0 Å². The van der Waals surface area contributed by atoms with E-state index in [4.69, 9.17) is 9.47 Å². The van der Waals surface area contributed by atoms with Gasteiger partial charge < -0.3 is 14.8 Å². The number of amides is 1. The summed E-state index contributed by atoms with van der Waals surface area (Å²) in [5.74, 6) is 1.38. The summed E-state index contributed by atoms with van der Waals surface area (Å²) in [4.78, 5) is 16.8. The number of aryl methyl sites for hydroxylation is 1. The predicted molar refractivity (Wildman–Crippen MR) is 104 cm³/mol. The molecule has 0 fully saturated rings. The molecule has 0 unspecified atom stereocenters. The second kappa shape index (κ2) is 8.49. The lowest BCUT2D eigenvalue weighted by molar-refractivity contribution is -0.116. The first kappa shape index (κ1) is 17.9. The van der Waals surface area contributed by atoms with E-state index in [-0.39, 0.29) is 5.91 Å². The molecular formula is C20H20N2O3S. The van der Waals surface area contributed by atoms with E-state index < -0.39 is 0 Å². The number of anilines is 1. The molecule has 0 saturated carbocycles. The van der Waals surface area contributed by atoms with Crippen molar-refractivity contribution in [3.63, 3.8) is 0 Å². The van der Waals surface area contributed by atoms with Gasteiger partial charge in [0.15, 0.2) is 0 Å². The number of para-hydroxylation sites is 2. The van der Waals surface area contributed by atoms with Crippen molar-refractivity contribution in [3.8, 4) is 22.1 Å². The fraction of sp³-hybridized carbons (Fsp3) is 0.200. The van der Waals surface area contributed by atoms with Crippen LogP contribution in [-0.4, -0.2) is 25.1 Å². The second-order valence-electron chi connectivity index (χ2n) is 5.62. The Bertz CT molecular complexity index is 892. The average molecular weight is 368 g/mol. The molecule has 0 aliphatic rings. The predicted octanol–water partition coefficient (Wildman–Crippen LogP) is 4.40. The molecule has 0 atom stereocenters. The normalized spacial score (nSPS) is 10.4. The number of hydrogen-bond acceptors (Lipinski definition) is 5. The van der Waals surface area contributed by atoms with Crippen LogP contribution >= 0.6 is 11.3 Å². The third-order valence-corrected chi connectivity index (χ3v) is 4.80. The molecule has 0 aliphatic carbocycles. The molecule has 0 bridgehead atoms. The molecule has 1 heterocycles. The lowest BCUT2D eigenvalue weighted by Crippen LogP contribution is -2.13. The van der Waals surface area contributed by atoms with E-state index in [0.717, 1.165) is 22.0 Å². The van der Waals surface area contributed by atoms with E-state index in [1.807, 2.05) is 53.9 Å². The third-order valence-electron chi connectivity index (χ3n) is 3.86. The van der Waals surface area contributed by atoms with Gasteiger partial charge in [0.25, 0.3) is 0 Å². The number of aromatic nitrogens is 1. The molecule has 6 heteroatoms. The topological polar surface area (TPSA) is 60.5 Å².